The molecule has 7 heteroatoms. The van der Waals surface area contributed by atoms with Crippen LogP contribution in [0.2, 0.25) is 0 Å². The molecule has 29 heavy (non-hydrogen) atoms. The highest BCUT2D eigenvalue weighted by atomic mass is 32.2. The van der Waals surface area contributed by atoms with E-state index in [0.717, 1.165) is 29.8 Å². The fourth-order valence-corrected chi connectivity index (χ4v) is 6.14. The van der Waals surface area contributed by atoms with Crippen molar-refractivity contribution < 1.29 is 22.7 Å². The lowest BCUT2D eigenvalue weighted by molar-refractivity contribution is -0.145. The van der Waals surface area contributed by atoms with Crippen LogP contribution in [0.4, 0.5) is 0 Å². The third-order valence-corrected chi connectivity index (χ3v) is 7.91. The van der Waals surface area contributed by atoms with Crippen LogP contribution in [-0.2, 0) is 24.8 Å². The minimum atomic E-state index is -3.02. The molecule has 0 bridgehead atoms. The number of esters is 1. The van der Waals surface area contributed by atoms with E-state index in [1.807, 2.05) is 48.7 Å². The summed E-state index contributed by atoms with van der Waals surface area (Å²) in [5, 5.41) is 0. The lowest BCUT2D eigenvalue weighted by Crippen LogP contribution is -2.26. The number of ketones is 1. The van der Waals surface area contributed by atoms with E-state index in [1.54, 1.807) is 6.07 Å². The smallest absolute Gasteiger partial charge is 0.317 e. The van der Waals surface area contributed by atoms with Gasteiger partial charge in [0.05, 0.1) is 16.9 Å². The fourth-order valence-electron chi connectivity index (χ4n) is 4.44. The topological polar surface area (TPSA) is 82.4 Å². The summed E-state index contributed by atoms with van der Waals surface area (Å²) in [4.78, 5) is 25.4. The number of Topliss-reactive ketones (excluding diaryl/α,β-unsaturated/α-hetero) is 1. The van der Waals surface area contributed by atoms with E-state index in [2.05, 4.69) is 0 Å². The second-order valence-electron chi connectivity index (χ2n) is 8.16. The number of sulfone groups is 1. The van der Waals surface area contributed by atoms with Crippen LogP contribution in [0.25, 0.3) is 0 Å². The zero-order valence-electron chi connectivity index (χ0n) is 16.7. The molecule has 4 rings (SSSR count). The van der Waals surface area contributed by atoms with Crippen LogP contribution in [0.15, 0.2) is 36.4 Å². The summed E-state index contributed by atoms with van der Waals surface area (Å²) >= 11 is 0. The number of nitrogens with zero attached hydrogens (tertiary/aromatic N) is 1. The van der Waals surface area contributed by atoms with Gasteiger partial charge in [0.2, 0.25) is 5.78 Å². The highest BCUT2D eigenvalue weighted by molar-refractivity contribution is 7.91. The van der Waals surface area contributed by atoms with Crippen molar-refractivity contribution in [2.45, 2.75) is 44.6 Å². The lowest BCUT2D eigenvalue weighted by atomic mass is 9.96. The molecule has 1 aliphatic carbocycles. The van der Waals surface area contributed by atoms with Crippen molar-refractivity contribution in [3.63, 3.8) is 0 Å². The summed E-state index contributed by atoms with van der Waals surface area (Å²) in [5.74, 6) is -0.335. The van der Waals surface area contributed by atoms with E-state index in [-0.39, 0.29) is 35.9 Å². The number of carbonyl (C=O) groups is 2. The molecular formula is C22H25NO5S. The van der Waals surface area contributed by atoms with Crippen LogP contribution >= 0.6 is 0 Å². The summed E-state index contributed by atoms with van der Waals surface area (Å²) < 4.78 is 31.0. The van der Waals surface area contributed by atoms with Gasteiger partial charge in [-0.1, -0.05) is 30.3 Å². The van der Waals surface area contributed by atoms with E-state index < -0.39 is 15.3 Å². The molecule has 1 aromatic heterocycles. The average Bonchev–Trinajstić information content (AvgIpc) is 3.36. The minimum Gasteiger partial charge on any atom is -0.457 e. The first-order chi connectivity index (χ1) is 13.7. The molecular weight excluding hydrogens is 390 g/mol. The van der Waals surface area contributed by atoms with E-state index >= 15 is 0 Å². The Kier molecular flexibility index (Phi) is 4.89. The summed E-state index contributed by atoms with van der Waals surface area (Å²) in [6.07, 6.45) is 2.02. The van der Waals surface area contributed by atoms with Crippen LogP contribution in [0.5, 0.6) is 0 Å². The van der Waals surface area contributed by atoms with Crippen LogP contribution in [0, 0.1) is 13.8 Å². The molecule has 0 amide bonds. The Labute approximate surface area is 170 Å². The number of carbonyl (C=O) groups excluding carboxylic acids is 2. The van der Waals surface area contributed by atoms with Gasteiger partial charge in [-0.15, -0.1) is 0 Å². The number of rotatable bonds is 6. The van der Waals surface area contributed by atoms with Crippen molar-refractivity contribution >= 4 is 21.6 Å². The Morgan fingerprint density at radius 1 is 1.17 bits per heavy atom. The van der Waals surface area contributed by atoms with Crippen molar-refractivity contribution in [1.82, 2.24) is 4.57 Å². The molecule has 1 unspecified atom stereocenters. The van der Waals surface area contributed by atoms with Gasteiger partial charge >= 0.3 is 5.97 Å². The maximum absolute atomic E-state index is 12.8. The van der Waals surface area contributed by atoms with Gasteiger partial charge in [0.25, 0.3) is 0 Å². The molecule has 0 N–H and O–H groups in total. The van der Waals surface area contributed by atoms with Crippen molar-refractivity contribution in [2.24, 2.45) is 0 Å². The van der Waals surface area contributed by atoms with Gasteiger partial charge in [0.15, 0.2) is 16.4 Å². The molecule has 2 heterocycles. The Balaban J connectivity index is 1.46. The van der Waals surface area contributed by atoms with Crippen molar-refractivity contribution in [3.8, 4) is 0 Å². The van der Waals surface area contributed by atoms with Crippen LogP contribution in [0.1, 0.15) is 52.6 Å². The van der Waals surface area contributed by atoms with Crippen LogP contribution in [-0.4, -0.2) is 42.9 Å². The lowest BCUT2D eigenvalue weighted by Gasteiger charge is -2.16. The fraction of sp³-hybridized carbons (Fsp3) is 0.455. The van der Waals surface area contributed by atoms with E-state index in [4.69, 9.17) is 4.74 Å². The monoisotopic (exact) mass is 415 g/mol. The molecule has 6 nitrogen and oxygen atoms in total. The summed E-state index contributed by atoms with van der Waals surface area (Å²) in [7, 11) is -3.02. The second-order valence-corrected chi connectivity index (χ2v) is 10.4. The number of benzene rings is 1. The first-order valence-electron chi connectivity index (χ1n) is 9.88. The second kappa shape index (κ2) is 7.13. The molecule has 1 aliphatic heterocycles. The number of aryl methyl sites for hydroxylation is 1. The zero-order valence-corrected chi connectivity index (χ0v) is 17.5. The number of hydrogen-bond donors (Lipinski definition) is 0. The Morgan fingerprint density at radius 3 is 2.45 bits per heavy atom. The Hall–Kier alpha value is -2.41. The molecule has 0 spiro atoms. The summed E-state index contributed by atoms with van der Waals surface area (Å²) in [6, 6.07) is 11.1. The first-order valence-corrected chi connectivity index (χ1v) is 11.7. The van der Waals surface area contributed by atoms with E-state index in [9.17, 15) is 18.0 Å². The van der Waals surface area contributed by atoms with Gasteiger partial charge in [-0.05, 0) is 44.7 Å². The average molecular weight is 416 g/mol. The highest BCUT2D eigenvalue weighted by Gasteiger charge is 2.52. The Bertz CT molecular complexity index is 1060. The number of hydrogen-bond acceptors (Lipinski definition) is 5. The quantitative estimate of drug-likeness (QED) is 0.535. The maximum Gasteiger partial charge on any atom is 0.317 e. The third kappa shape index (κ3) is 3.64. The van der Waals surface area contributed by atoms with Gasteiger partial charge in [-0.25, -0.2) is 8.42 Å². The van der Waals surface area contributed by atoms with E-state index in [1.165, 1.54) is 0 Å². The Morgan fingerprint density at radius 2 is 1.86 bits per heavy atom. The number of aromatic nitrogens is 1. The molecule has 2 aliphatic rings. The summed E-state index contributed by atoms with van der Waals surface area (Å²) in [6.45, 7) is 3.38. The van der Waals surface area contributed by atoms with Gasteiger partial charge < -0.3 is 9.30 Å². The normalized spacial score (nSPS) is 21.7. The summed E-state index contributed by atoms with van der Waals surface area (Å²) in [5.41, 5.74) is 2.38. The minimum absolute atomic E-state index is 0.103. The molecule has 2 aromatic rings. The maximum atomic E-state index is 12.8. The zero-order chi connectivity index (χ0) is 20.8. The third-order valence-electron chi connectivity index (χ3n) is 6.16. The van der Waals surface area contributed by atoms with Gasteiger partial charge in [0.1, 0.15) is 0 Å². The first kappa shape index (κ1) is 19.9. The molecule has 2 fully saturated rings. The van der Waals surface area contributed by atoms with Crippen molar-refractivity contribution in [3.05, 3.63) is 58.9 Å². The van der Waals surface area contributed by atoms with Gasteiger partial charge in [-0.3, -0.25) is 9.59 Å². The molecule has 1 saturated heterocycles. The molecule has 1 aromatic carbocycles. The van der Waals surface area contributed by atoms with Crippen molar-refractivity contribution in [1.29, 1.82) is 0 Å². The van der Waals surface area contributed by atoms with Gasteiger partial charge in [0, 0.05) is 23.0 Å². The van der Waals surface area contributed by atoms with Gasteiger partial charge in [-0.2, -0.15) is 0 Å². The van der Waals surface area contributed by atoms with Crippen LogP contribution in [0.3, 0.4) is 0 Å². The SMILES string of the molecule is Cc1cc(C(=O)COC(=O)C2(c3ccccc3)CC2)c(C)n1C1CCS(=O)(=O)C1. The predicted octanol–water partition coefficient (Wildman–Crippen LogP) is 2.92. The molecule has 154 valence electrons. The van der Waals surface area contributed by atoms with E-state index in [0.29, 0.717) is 12.0 Å². The molecule has 1 atom stereocenters. The molecule has 0 radical (unpaired) electrons. The largest absolute Gasteiger partial charge is 0.457 e. The number of ether oxygens (including phenoxy) is 1. The molecule has 1 saturated carbocycles. The van der Waals surface area contributed by atoms with Crippen LogP contribution < -0.4 is 0 Å². The predicted molar refractivity (Wildman–Crippen MR) is 109 cm³/mol. The van der Waals surface area contributed by atoms with Crippen molar-refractivity contribution in [2.75, 3.05) is 18.1 Å². The standard InChI is InChI=1S/C22H25NO5S/c1-15-12-19(16(2)23(15)18-8-11-29(26,27)14-18)20(24)13-28-21(25)22(9-10-22)17-6-4-3-5-7-17/h3-7,12,18H,8-11,13-14H2,1-2H3. The highest BCUT2D eigenvalue weighted by Crippen LogP contribution is 2.49.